The zero-order valence-corrected chi connectivity index (χ0v) is 14.6. The van der Waals surface area contributed by atoms with Gasteiger partial charge in [-0.05, 0) is 32.9 Å². The van der Waals surface area contributed by atoms with E-state index in [1.807, 2.05) is 13.8 Å². The van der Waals surface area contributed by atoms with E-state index in [4.69, 9.17) is 16.3 Å². The summed E-state index contributed by atoms with van der Waals surface area (Å²) >= 11 is 5.72. The summed E-state index contributed by atoms with van der Waals surface area (Å²) in [6.07, 6.45) is 0. The van der Waals surface area contributed by atoms with Gasteiger partial charge in [-0.15, -0.1) is 0 Å². The predicted molar refractivity (Wildman–Crippen MR) is 87.6 cm³/mol. The van der Waals surface area contributed by atoms with Gasteiger partial charge in [-0.25, -0.2) is 0 Å². The zero-order chi connectivity index (χ0) is 18.2. The summed E-state index contributed by atoms with van der Waals surface area (Å²) in [7, 11) is 0. The number of benzene rings is 1. The van der Waals surface area contributed by atoms with Crippen molar-refractivity contribution in [3.8, 4) is 0 Å². The lowest BCUT2D eigenvalue weighted by Gasteiger charge is -2.19. The third-order valence-corrected chi connectivity index (χ3v) is 2.45. The SMILES string of the molecule is CC.CC(C)(C)OC(=O)CNC(=O)c1cc(Cl)ccc1[N+](=O)[O-]. The number of halogens is 1. The number of rotatable bonds is 4. The van der Waals surface area contributed by atoms with Gasteiger partial charge in [-0.3, -0.25) is 19.7 Å². The highest BCUT2D eigenvalue weighted by atomic mass is 35.5. The number of nitro groups is 1. The van der Waals surface area contributed by atoms with Crippen molar-refractivity contribution in [1.29, 1.82) is 0 Å². The molecule has 7 nitrogen and oxygen atoms in total. The van der Waals surface area contributed by atoms with Crippen molar-refractivity contribution in [3.63, 3.8) is 0 Å². The smallest absolute Gasteiger partial charge is 0.325 e. The lowest BCUT2D eigenvalue weighted by molar-refractivity contribution is -0.385. The molecule has 0 spiro atoms. The van der Waals surface area contributed by atoms with E-state index >= 15 is 0 Å². The third kappa shape index (κ3) is 7.60. The molecule has 1 rings (SSSR count). The summed E-state index contributed by atoms with van der Waals surface area (Å²) in [5.74, 6) is -1.41. The highest BCUT2D eigenvalue weighted by Gasteiger charge is 2.22. The molecule has 0 radical (unpaired) electrons. The number of nitrogens with zero attached hydrogens (tertiary/aromatic N) is 1. The summed E-state index contributed by atoms with van der Waals surface area (Å²) in [5.41, 5.74) is -1.28. The molecule has 1 aromatic rings. The van der Waals surface area contributed by atoms with Crippen molar-refractivity contribution in [2.24, 2.45) is 0 Å². The molecular weight excluding hydrogens is 324 g/mol. The molecule has 0 aliphatic carbocycles. The second-order valence-corrected chi connectivity index (χ2v) is 5.62. The van der Waals surface area contributed by atoms with Crippen LogP contribution in [0.3, 0.4) is 0 Å². The fourth-order valence-electron chi connectivity index (χ4n) is 1.47. The highest BCUT2D eigenvalue weighted by molar-refractivity contribution is 6.31. The molecule has 8 heteroatoms. The summed E-state index contributed by atoms with van der Waals surface area (Å²) in [4.78, 5) is 33.6. The molecule has 0 saturated heterocycles. The molecule has 0 bridgehead atoms. The van der Waals surface area contributed by atoms with Gasteiger partial charge in [0.1, 0.15) is 17.7 Å². The Hall–Kier alpha value is -2.15. The van der Waals surface area contributed by atoms with E-state index in [0.717, 1.165) is 6.07 Å². The Bertz CT molecular complexity index is 582. The largest absolute Gasteiger partial charge is 0.459 e. The molecule has 0 aliphatic heterocycles. The average molecular weight is 345 g/mol. The minimum absolute atomic E-state index is 0.183. The third-order valence-electron chi connectivity index (χ3n) is 2.21. The van der Waals surface area contributed by atoms with Gasteiger partial charge < -0.3 is 10.1 Å². The Morgan fingerprint density at radius 3 is 2.35 bits per heavy atom. The molecule has 1 amide bonds. The molecule has 0 atom stereocenters. The standard InChI is InChI=1S/C13H15ClN2O5.C2H6/c1-13(2,3)21-11(17)7-15-12(18)9-6-8(14)4-5-10(9)16(19)20;1-2/h4-6H,7H2,1-3H3,(H,15,18);1-2H3. The van der Waals surface area contributed by atoms with Gasteiger partial charge >= 0.3 is 5.97 Å². The normalized spacial score (nSPS) is 10.2. The lowest BCUT2D eigenvalue weighted by Crippen LogP contribution is -2.34. The van der Waals surface area contributed by atoms with Gasteiger partial charge in [-0.2, -0.15) is 0 Å². The van der Waals surface area contributed by atoms with E-state index in [1.165, 1.54) is 12.1 Å². The van der Waals surface area contributed by atoms with Crippen molar-refractivity contribution < 1.29 is 19.2 Å². The Morgan fingerprint density at radius 1 is 1.30 bits per heavy atom. The van der Waals surface area contributed by atoms with Gasteiger partial charge in [0, 0.05) is 11.1 Å². The number of hydrogen-bond donors (Lipinski definition) is 1. The van der Waals surface area contributed by atoms with Crippen LogP contribution < -0.4 is 5.32 Å². The fourth-order valence-corrected chi connectivity index (χ4v) is 1.65. The molecule has 1 N–H and O–H groups in total. The van der Waals surface area contributed by atoms with Crippen LogP contribution in [0.2, 0.25) is 5.02 Å². The second-order valence-electron chi connectivity index (χ2n) is 5.19. The molecule has 0 fully saturated rings. The Balaban J connectivity index is 0.00000232. The Kier molecular flexibility index (Phi) is 8.24. The first-order chi connectivity index (χ1) is 10.6. The maximum absolute atomic E-state index is 11.9. The van der Waals surface area contributed by atoms with Gasteiger partial charge in [-0.1, -0.05) is 25.4 Å². The summed E-state index contributed by atoms with van der Waals surface area (Å²) in [6.45, 7) is 8.68. The monoisotopic (exact) mass is 344 g/mol. The Morgan fingerprint density at radius 2 is 1.87 bits per heavy atom. The topological polar surface area (TPSA) is 98.5 Å². The molecule has 0 saturated carbocycles. The van der Waals surface area contributed by atoms with E-state index in [9.17, 15) is 19.7 Å². The quantitative estimate of drug-likeness (QED) is 0.513. The van der Waals surface area contributed by atoms with Crippen molar-refractivity contribution in [2.45, 2.75) is 40.2 Å². The number of nitro benzene ring substituents is 1. The van der Waals surface area contributed by atoms with E-state index in [1.54, 1.807) is 20.8 Å². The zero-order valence-electron chi connectivity index (χ0n) is 13.8. The molecule has 1 aromatic carbocycles. The first-order valence-electron chi connectivity index (χ1n) is 7.04. The second kappa shape index (κ2) is 9.09. The van der Waals surface area contributed by atoms with Gasteiger partial charge in [0.2, 0.25) is 0 Å². The number of hydrogen-bond acceptors (Lipinski definition) is 5. The summed E-state index contributed by atoms with van der Waals surface area (Å²) in [6, 6.07) is 3.61. The lowest BCUT2D eigenvalue weighted by atomic mass is 10.1. The van der Waals surface area contributed by atoms with E-state index < -0.39 is 22.4 Å². The molecule has 0 unspecified atom stereocenters. The first-order valence-corrected chi connectivity index (χ1v) is 7.42. The summed E-state index contributed by atoms with van der Waals surface area (Å²) < 4.78 is 5.01. The molecule has 128 valence electrons. The van der Waals surface area contributed by atoms with E-state index in [2.05, 4.69) is 5.32 Å². The highest BCUT2D eigenvalue weighted by Crippen LogP contribution is 2.22. The minimum Gasteiger partial charge on any atom is -0.459 e. The number of carbonyl (C=O) groups excluding carboxylic acids is 2. The number of nitrogens with one attached hydrogen (secondary N) is 1. The van der Waals surface area contributed by atoms with Gasteiger partial charge in [0.15, 0.2) is 0 Å². The number of carbonyl (C=O) groups is 2. The first kappa shape index (κ1) is 20.9. The van der Waals surface area contributed by atoms with Crippen molar-refractivity contribution in [3.05, 3.63) is 38.9 Å². The molecule has 0 aliphatic rings. The summed E-state index contributed by atoms with van der Waals surface area (Å²) in [5, 5.41) is 13.3. The maximum Gasteiger partial charge on any atom is 0.325 e. The van der Waals surface area contributed by atoms with Crippen LogP contribution in [0, 0.1) is 10.1 Å². The van der Waals surface area contributed by atoms with Crippen molar-refractivity contribution >= 4 is 29.2 Å². The molecule has 23 heavy (non-hydrogen) atoms. The maximum atomic E-state index is 11.9. The van der Waals surface area contributed by atoms with Crippen molar-refractivity contribution in [1.82, 2.24) is 5.32 Å². The van der Waals surface area contributed by atoms with Crippen LogP contribution in [0.1, 0.15) is 45.0 Å². The van der Waals surface area contributed by atoms with E-state index in [-0.39, 0.29) is 22.8 Å². The fraction of sp³-hybridized carbons (Fsp3) is 0.467. The Labute approximate surface area is 140 Å². The van der Waals surface area contributed by atoms with Crippen LogP contribution in [0.15, 0.2) is 18.2 Å². The van der Waals surface area contributed by atoms with Gasteiger partial charge in [0.25, 0.3) is 11.6 Å². The van der Waals surface area contributed by atoms with E-state index in [0.29, 0.717) is 0 Å². The van der Waals surface area contributed by atoms with Gasteiger partial charge in [0.05, 0.1) is 4.92 Å². The van der Waals surface area contributed by atoms with Crippen molar-refractivity contribution in [2.75, 3.05) is 6.54 Å². The predicted octanol–water partition coefficient (Wildman–Crippen LogP) is 3.35. The van der Waals surface area contributed by atoms with Crippen LogP contribution in [-0.4, -0.2) is 28.9 Å². The minimum atomic E-state index is -0.768. The number of amides is 1. The van der Waals surface area contributed by atoms with Crippen LogP contribution in [0.25, 0.3) is 0 Å². The molecular formula is C15H21ClN2O5. The van der Waals surface area contributed by atoms with Crippen LogP contribution >= 0.6 is 11.6 Å². The molecule has 0 heterocycles. The number of ether oxygens (including phenoxy) is 1. The average Bonchev–Trinajstić information content (AvgIpc) is 2.44. The van der Waals surface area contributed by atoms with Crippen LogP contribution in [0.4, 0.5) is 5.69 Å². The van der Waals surface area contributed by atoms with Crippen LogP contribution in [-0.2, 0) is 9.53 Å². The molecule has 0 aromatic heterocycles. The number of esters is 1. The van der Waals surface area contributed by atoms with Crippen LogP contribution in [0.5, 0.6) is 0 Å².